The molecule has 0 radical (unpaired) electrons. The van der Waals surface area contributed by atoms with Crippen molar-refractivity contribution in [2.45, 2.75) is 19.6 Å². The fraction of sp³-hybridized carbons (Fsp3) is 0.350. The van der Waals surface area contributed by atoms with Crippen molar-refractivity contribution in [1.29, 1.82) is 0 Å². The molecule has 0 aliphatic heterocycles. The summed E-state index contributed by atoms with van der Waals surface area (Å²) >= 11 is 0. The zero-order valence-electron chi connectivity index (χ0n) is 16.5. The van der Waals surface area contributed by atoms with Crippen LogP contribution >= 0.6 is 0 Å². The van der Waals surface area contributed by atoms with Gasteiger partial charge in [0.05, 0.1) is 13.7 Å². The minimum absolute atomic E-state index is 0.154. The summed E-state index contributed by atoms with van der Waals surface area (Å²) in [6.07, 6.45) is -4.38. The quantitative estimate of drug-likeness (QED) is 0.503. The van der Waals surface area contributed by atoms with Crippen LogP contribution in [0.3, 0.4) is 0 Å². The Labute approximate surface area is 167 Å². The largest absolute Gasteiger partial charge is 0.493 e. The van der Waals surface area contributed by atoms with E-state index in [4.69, 9.17) is 14.2 Å². The summed E-state index contributed by atoms with van der Waals surface area (Å²) in [5.74, 6) is 1.86. The number of guanidine groups is 1. The molecule has 2 rings (SSSR count). The van der Waals surface area contributed by atoms with E-state index in [0.717, 1.165) is 11.3 Å². The van der Waals surface area contributed by atoms with Crippen LogP contribution in [-0.2, 0) is 6.54 Å². The normalized spacial score (nSPS) is 11.7. The molecule has 29 heavy (non-hydrogen) atoms. The van der Waals surface area contributed by atoms with Crippen molar-refractivity contribution in [3.05, 3.63) is 48.0 Å². The van der Waals surface area contributed by atoms with Gasteiger partial charge in [-0.25, -0.2) is 0 Å². The van der Waals surface area contributed by atoms with E-state index >= 15 is 0 Å². The fourth-order valence-electron chi connectivity index (χ4n) is 2.43. The first-order valence-corrected chi connectivity index (χ1v) is 8.91. The second kappa shape index (κ2) is 10.4. The van der Waals surface area contributed by atoms with Gasteiger partial charge in [0, 0.05) is 25.3 Å². The van der Waals surface area contributed by atoms with Gasteiger partial charge in [0.25, 0.3) is 0 Å². The first-order chi connectivity index (χ1) is 13.8. The molecule has 6 nitrogen and oxygen atoms in total. The average Bonchev–Trinajstić information content (AvgIpc) is 2.70. The number of benzene rings is 2. The highest BCUT2D eigenvalue weighted by molar-refractivity contribution is 5.93. The first-order valence-electron chi connectivity index (χ1n) is 8.91. The Morgan fingerprint density at radius 3 is 2.52 bits per heavy atom. The summed E-state index contributed by atoms with van der Waals surface area (Å²) < 4.78 is 52.5. The van der Waals surface area contributed by atoms with Crippen LogP contribution in [0.5, 0.6) is 17.2 Å². The smallest absolute Gasteiger partial charge is 0.422 e. The van der Waals surface area contributed by atoms with E-state index in [9.17, 15) is 13.2 Å². The van der Waals surface area contributed by atoms with Crippen LogP contribution in [0.15, 0.2) is 47.5 Å². The van der Waals surface area contributed by atoms with E-state index in [1.165, 1.54) is 6.07 Å². The summed E-state index contributed by atoms with van der Waals surface area (Å²) in [6, 6.07) is 11.8. The number of halogens is 3. The summed E-state index contributed by atoms with van der Waals surface area (Å²) in [5.41, 5.74) is 1.48. The van der Waals surface area contributed by atoms with Gasteiger partial charge in [0.2, 0.25) is 0 Å². The molecule has 0 fully saturated rings. The van der Waals surface area contributed by atoms with Crippen LogP contribution in [0.2, 0.25) is 0 Å². The van der Waals surface area contributed by atoms with Crippen LogP contribution in [0.25, 0.3) is 0 Å². The van der Waals surface area contributed by atoms with Crippen molar-refractivity contribution < 1.29 is 27.4 Å². The van der Waals surface area contributed by atoms with Crippen molar-refractivity contribution in [3.8, 4) is 17.2 Å². The molecule has 2 N–H and O–H groups in total. The molecule has 0 unspecified atom stereocenters. The second-order valence-corrected chi connectivity index (χ2v) is 5.90. The lowest BCUT2D eigenvalue weighted by molar-refractivity contribution is -0.153. The minimum atomic E-state index is -4.38. The molecule has 0 heterocycles. The van der Waals surface area contributed by atoms with E-state index in [0.29, 0.717) is 30.6 Å². The van der Waals surface area contributed by atoms with Crippen LogP contribution in [0.1, 0.15) is 12.5 Å². The number of rotatable bonds is 8. The zero-order valence-corrected chi connectivity index (χ0v) is 16.5. The number of methoxy groups -OCH3 is 1. The van der Waals surface area contributed by atoms with Crippen molar-refractivity contribution in [3.63, 3.8) is 0 Å². The Bertz CT molecular complexity index is 826. The van der Waals surface area contributed by atoms with Crippen LogP contribution in [0, 0.1) is 0 Å². The van der Waals surface area contributed by atoms with Gasteiger partial charge < -0.3 is 24.8 Å². The third-order valence-corrected chi connectivity index (χ3v) is 3.71. The van der Waals surface area contributed by atoms with Gasteiger partial charge in [-0.05, 0) is 36.8 Å². The fourth-order valence-corrected chi connectivity index (χ4v) is 2.43. The standard InChI is InChI=1S/C20H24F3N3O3/c1-4-28-17-9-8-15(11-18(17)27-3)26-19(24-2)25-12-14-6-5-7-16(10-14)29-13-20(21,22)23/h5-11H,4,12-13H2,1-3H3,(H2,24,25,26). The molecule has 0 spiro atoms. The van der Waals surface area contributed by atoms with Crippen molar-refractivity contribution in [1.82, 2.24) is 5.32 Å². The maximum atomic E-state index is 12.3. The van der Waals surface area contributed by atoms with E-state index in [1.807, 2.05) is 13.0 Å². The van der Waals surface area contributed by atoms with E-state index in [2.05, 4.69) is 15.6 Å². The Hall–Kier alpha value is -3.10. The van der Waals surface area contributed by atoms with Crippen molar-refractivity contribution in [2.24, 2.45) is 4.99 Å². The van der Waals surface area contributed by atoms with Gasteiger partial charge in [-0.2, -0.15) is 13.2 Å². The highest BCUT2D eigenvalue weighted by Gasteiger charge is 2.28. The van der Waals surface area contributed by atoms with Gasteiger partial charge in [-0.3, -0.25) is 4.99 Å². The summed E-state index contributed by atoms with van der Waals surface area (Å²) in [7, 11) is 3.17. The molecule has 0 aromatic heterocycles. The molecule has 2 aromatic rings. The molecular formula is C20H24F3N3O3. The molecular weight excluding hydrogens is 387 g/mol. The zero-order chi connectivity index (χ0) is 21.3. The molecule has 2 aromatic carbocycles. The number of hydrogen-bond acceptors (Lipinski definition) is 4. The number of alkyl halides is 3. The van der Waals surface area contributed by atoms with E-state index in [1.54, 1.807) is 44.5 Å². The van der Waals surface area contributed by atoms with Gasteiger partial charge in [-0.1, -0.05) is 12.1 Å². The molecule has 0 amide bonds. The molecule has 0 aliphatic rings. The molecule has 0 aliphatic carbocycles. The van der Waals surface area contributed by atoms with Gasteiger partial charge >= 0.3 is 6.18 Å². The third-order valence-electron chi connectivity index (χ3n) is 3.71. The van der Waals surface area contributed by atoms with Crippen LogP contribution in [0.4, 0.5) is 18.9 Å². The van der Waals surface area contributed by atoms with Gasteiger partial charge in [0.1, 0.15) is 5.75 Å². The topological polar surface area (TPSA) is 64.1 Å². The summed E-state index contributed by atoms with van der Waals surface area (Å²) in [6.45, 7) is 1.43. The second-order valence-electron chi connectivity index (χ2n) is 5.90. The molecule has 0 bridgehead atoms. The average molecular weight is 411 g/mol. The Morgan fingerprint density at radius 2 is 1.86 bits per heavy atom. The lowest BCUT2D eigenvalue weighted by atomic mass is 10.2. The lowest BCUT2D eigenvalue weighted by Crippen LogP contribution is -2.30. The van der Waals surface area contributed by atoms with Gasteiger partial charge in [0.15, 0.2) is 24.1 Å². The number of hydrogen-bond donors (Lipinski definition) is 2. The molecule has 0 saturated carbocycles. The van der Waals surface area contributed by atoms with Crippen molar-refractivity contribution in [2.75, 3.05) is 32.7 Å². The first kappa shape index (κ1) is 22.2. The highest BCUT2D eigenvalue weighted by Crippen LogP contribution is 2.30. The number of aliphatic imine (C=N–C) groups is 1. The molecule has 0 saturated heterocycles. The summed E-state index contributed by atoms with van der Waals surface area (Å²) in [5, 5.41) is 6.23. The Morgan fingerprint density at radius 1 is 1.07 bits per heavy atom. The summed E-state index contributed by atoms with van der Waals surface area (Å²) in [4.78, 5) is 4.15. The highest BCUT2D eigenvalue weighted by atomic mass is 19.4. The maximum absolute atomic E-state index is 12.3. The van der Waals surface area contributed by atoms with Crippen molar-refractivity contribution >= 4 is 11.6 Å². The van der Waals surface area contributed by atoms with Crippen LogP contribution in [-0.4, -0.2) is 39.5 Å². The van der Waals surface area contributed by atoms with Crippen LogP contribution < -0.4 is 24.8 Å². The number of anilines is 1. The third kappa shape index (κ3) is 7.44. The van der Waals surface area contributed by atoms with E-state index in [-0.39, 0.29) is 5.75 Å². The predicted molar refractivity (Wildman–Crippen MR) is 106 cm³/mol. The monoisotopic (exact) mass is 411 g/mol. The Kier molecular flexibility index (Phi) is 7.99. The van der Waals surface area contributed by atoms with Gasteiger partial charge in [-0.15, -0.1) is 0 Å². The minimum Gasteiger partial charge on any atom is -0.493 e. The number of nitrogens with zero attached hydrogens (tertiary/aromatic N) is 1. The predicted octanol–water partition coefficient (Wildman–Crippen LogP) is 4.22. The SMILES string of the molecule is CCOc1ccc(NC(=NC)NCc2cccc(OCC(F)(F)F)c2)cc1OC. The maximum Gasteiger partial charge on any atom is 0.422 e. The molecule has 0 atom stereocenters. The van der Waals surface area contributed by atoms with E-state index < -0.39 is 12.8 Å². The molecule has 9 heteroatoms. The number of ether oxygens (including phenoxy) is 3. The Balaban J connectivity index is 1.97. The molecule has 158 valence electrons. The number of nitrogens with one attached hydrogen (secondary N) is 2. The lowest BCUT2D eigenvalue weighted by Gasteiger charge is -2.15.